The van der Waals surface area contributed by atoms with Crippen molar-refractivity contribution in [3.8, 4) is 0 Å². The van der Waals surface area contributed by atoms with Crippen molar-refractivity contribution in [1.82, 2.24) is 15.1 Å². The van der Waals surface area contributed by atoms with Crippen LogP contribution in [0.3, 0.4) is 0 Å². The fourth-order valence-electron chi connectivity index (χ4n) is 3.08. The largest absolute Gasteiger partial charge is 0.460 e. The molecule has 1 aromatic heterocycles. The number of esters is 1. The molecule has 1 unspecified atom stereocenters. The minimum atomic E-state index is -0.459. The highest BCUT2D eigenvalue weighted by atomic mass is 16.6. The molecule has 1 atom stereocenters. The molecule has 2 aromatic rings. The molecule has 0 spiro atoms. The minimum Gasteiger partial charge on any atom is -0.460 e. The number of benzene rings is 1. The van der Waals surface area contributed by atoms with Gasteiger partial charge >= 0.3 is 5.97 Å². The van der Waals surface area contributed by atoms with E-state index in [0.29, 0.717) is 19.6 Å². The quantitative estimate of drug-likeness (QED) is 0.862. The Morgan fingerprint density at radius 3 is 3.00 bits per heavy atom. The van der Waals surface area contributed by atoms with E-state index in [-0.39, 0.29) is 12.2 Å². The number of nitrogens with one attached hydrogen (secondary N) is 1. The lowest BCUT2D eigenvalue weighted by Crippen LogP contribution is -2.24. The van der Waals surface area contributed by atoms with Crippen LogP contribution >= 0.6 is 0 Å². The molecule has 0 radical (unpaired) electrons. The summed E-state index contributed by atoms with van der Waals surface area (Å²) < 4.78 is 13.3. The summed E-state index contributed by atoms with van der Waals surface area (Å²) in [5.74, 6) is -0.193. The Morgan fingerprint density at radius 1 is 1.40 bits per heavy atom. The molecule has 0 bridgehead atoms. The van der Waals surface area contributed by atoms with E-state index >= 15 is 0 Å². The number of carbonyl (C=O) groups is 1. The molecular weight excluding hydrogens is 318 g/mol. The van der Waals surface area contributed by atoms with Crippen molar-refractivity contribution in [2.24, 2.45) is 0 Å². The summed E-state index contributed by atoms with van der Waals surface area (Å²) in [4.78, 5) is 12.0. The summed E-state index contributed by atoms with van der Waals surface area (Å²) in [6.45, 7) is 7.14. The van der Waals surface area contributed by atoms with E-state index in [1.807, 2.05) is 37.6 Å². The van der Waals surface area contributed by atoms with Crippen molar-refractivity contribution in [1.29, 1.82) is 0 Å². The molecule has 0 amide bonds. The van der Waals surface area contributed by atoms with Gasteiger partial charge in [0, 0.05) is 11.8 Å². The Morgan fingerprint density at radius 2 is 2.20 bits per heavy atom. The summed E-state index contributed by atoms with van der Waals surface area (Å²) in [6, 6.07) is 8.12. The second-order valence-corrected chi connectivity index (χ2v) is 7.40. The minimum absolute atomic E-state index is 0.0739. The van der Waals surface area contributed by atoms with Crippen LogP contribution in [0.5, 0.6) is 0 Å². The highest BCUT2D eigenvalue weighted by molar-refractivity contribution is 5.82. The van der Waals surface area contributed by atoms with Gasteiger partial charge in [0.05, 0.1) is 24.4 Å². The van der Waals surface area contributed by atoms with Gasteiger partial charge in [0.15, 0.2) is 6.23 Å². The number of ether oxygens (including phenoxy) is 2. The number of rotatable bonds is 4. The maximum atomic E-state index is 12.0. The van der Waals surface area contributed by atoms with Crippen LogP contribution in [0.2, 0.25) is 0 Å². The van der Waals surface area contributed by atoms with Crippen molar-refractivity contribution in [2.45, 2.75) is 58.3 Å². The van der Waals surface area contributed by atoms with E-state index in [2.05, 4.69) is 17.4 Å². The molecule has 1 aromatic carbocycles. The Labute approximate surface area is 148 Å². The van der Waals surface area contributed by atoms with Gasteiger partial charge in [-0.3, -0.25) is 10.1 Å². The first-order valence-electron chi connectivity index (χ1n) is 8.94. The van der Waals surface area contributed by atoms with E-state index in [1.165, 1.54) is 0 Å². The molecule has 1 fully saturated rings. The predicted molar refractivity (Wildman–Crippen MR) is 96.1 cm³/mol. The Kier molecular flexibility index (Phi) is 5.39. The van der Waals surface area contributed by atoms with Crippen LogP contribution in [0.15, 0.2) is 24.3 Å². The van der Waals surface area contributed by atoms with E-state index in [4.69, 9.17) is 14.6 Å². The normalized spacial score (nSPS) is 18.9. The fourth-order valence-corrected chi connectivity index (χ4v) is 3.08. The molecule has 0 saturated carbocycles. The maximum Gasteiger partial charge on any atom is 0.306 e. The van der Waals surface area contributed by atoms with E-state index < -0.39 is 5.60 Å². The zero-order valence-corrected chi connectivity index (χ0v) is 15.2. The molecule has 2 heterocycles. The second kappa shape index (κ2) is 7.54. The number of aromatic nitrogens is 2. The summed E-state index contributed by atoms with van der Waals surface area (Å²) in [7, 11) is 0. The monoisotopic (exact) mass is 345 g/mol. The van der Waals surface area contributed by atoms with Gasteiger partial charge in [0.1, 0.15) is 5.60 Å². The zero-order chi connectivity index (χ0) is 17.9. The smallest absolute Gasteiger partial charge is 0.306 e. The molecule has 6 heteroatoms. The summed E-state index contributed by atoms with van der Waals surface area (Å²) >= 11 is 0. The lowest BCUT2D eigenvalue weighted by molar-refractivity contribution is -0.154. The Bertz CT molecular complexity index is 725. The van der Waals surface area contributed by atoms with Crippen molar-refractivity contribution in [3.63, 3.8) is 0 Å². The number of fused-ring (bicyclic) bond motifs is 1. The number of aryl methyl sites for hydroxylation is 1. The lowest BCUT2D eigenvalue weighted by Gasteiger charge is -2.19. The van der Waals surface area contributed by atoms with Crippen LogP contribution in [-0.4, -0.2) is 34.6 Å². The van der Waals surface area contributed by atoms with Gasteiger partial charge in [0.2, 0.25) is 0 Å². The van der Waals surface area contributed by atoms with Crippen molar-refractivity contribution < 1.29 is 14.3 Å². The van der Waals surface area contributed by atoms with Gasteiger partial charge in [-0.1, -0.05) is 18.2 Å². The average molecular weight is 345 g/mol. The Balaban J connectivity index is 1.80. The first-order chi connectivity index (χ1) is 11.9. The van der Waals surface area contributed by atoms with Crippen molar-refractivity contribution >= 4 is 16.9 Å². The standard InChI is InChI=1S/C19H27N3O3/c1-19(2,3)25-18(23)11-10-15-14-7-4-5-8-16(14)22(21-15)17-9-6-12-20-13-24-17/h4-5,7-8,17,20H,6,9-13H2,1-3H3. The molecule has 0 aliphatic carbocycles. The molecule has 1 aliphatic rings. The molecule has 1 N–H and O–H groups in total. The van der Waals surface area contributed by atoms with Gasteiger partial charge in [-0.25, -0.2) is 4.68 Å². The van der Waals surface area contributed by atoms with Gasteiger partial charge in [-0.05, 0) is 46.2 Å². The van der Waals surface area contributed by atoms with Crippen molar-refractivity contribution in [3.05, 3.63) is 30.0 Å². The highest BCUT2D eigenvalue weighted by Gasteiger charge is 2.21. The molecule has 1 aliphatic heterocycles. The molecular formula is C19H27N3O3. The summed E-state index contributed by atoms with van der Waals surface area (Å²) in [6.07, 6.45) is 2.78. The van der Waals surface area contributed by atoms with Crippen molar-refractivity contribution in [2.75, 3.05) is 13.3 Å². The third kappa shape index (κ3) is 4.58. The van der Waals surface area contributed by atoms with Gasteiger partial charge in [-0.15, -0.1) is 0 Å². The lowest BCUT2D eigenvalue weighted by atomic mass is 10.1. The third-order valence-corrected chi connectivity index (χ3v) is 4.13. The number of hydrogen-bond donors (Lipinski definition) is 1. The number of hydrogen-bond acceptors (Lipinski definition) is 5. The van der Waals surface area contributed by atoms with Crippen LogP contribution in [0, 0.1) is 0 Å². The SMILES string of the molecule is CC(C)(C)OC(=O)CCc1nn(C2CCCNCO2)c2ccccc12. The Hall–Kier alpha value is -1.92. The van der Waals surface area contributed by atoms with Gasteiger partial charge in [0.25, 0.3) is 0 Å². The maximum absolute atomic E-state index is 12.0. The molecule has 6 nitrogen and oxygen atoms in total. The van der Waals surface area contributed by atoms with Crippen LogP contribution in [0.25, 0.3) is 10.9 Å². The molecule has 1 saturated heterocycles. The van der Waals surface area contributed by atoms with Crippen LogP contribution in [-0.2, 0) is 20.7 Å². The van der Waals surface area contributed by atoms with Crippen LogP contribution < -0.4 is 5.32 Å². The summed E-state index contributed by atoms with van der Waals surface area (Å²) in [5.41, 5.74) is 1.51. The third-order valence-electron chi connectivity index (χ3n) is 4.13. The molecule has 25 heavy (non-hydrogen) atoms. The number of nitrogens with zero attached hydrogens (tertiary/aromatic N) is 2. The predicted octanol–water partition coefficient (Wildman–Crippen LogP) is 3.17. The fraction of sp³-hybridized carbons (Fsp3) is 0.579. The molecule has 136 valence electrons. The first kappa shape index (κ1) is 17.9. The number of para-hydroxylation sites is 1. The number of carbonyl (C=O) groups excluding carboxylic acids is 1. The van der Waals surface area contributed by atoms with Gasteiger partial charge < -0.3 is 9.47 Å². The van der Waals surface area contributed by atoms with E-state index in [0.717, 1.165) is 36.0 Å². The van der Waals surface area contributed by atoms with Crippen LogP contribution in [0.4, 0.5) is 0 Å². The van der Waals surface area contributed by atoms with E-state index in [9.17, 15) is 4.79 Å². The second-order valence-electron chi connectivity index (χ2n) is 7.40. The van der Waals surface area contributed by atoms with E-state index in [1.54, 1.807) is 0 Å². The zero-order valence-electron chi connectivity index (χ0n) is 15.2. The summed E-state index contributed by atoms with van der Waals surface area (Å²) in [5, 5.41) is 9.09. The average Bonchev–Trinajstić information content (AvgIpc) is 2.72. The van der Waals surface area contributed by atoms with Crippen LogP contribution in [0.1, 0.15) is 52.0 Å². The van der Waals surface area contributed by atoms with Gasteiger partial charge in [-0.2, -0.15) is 5.10 Å². The topological polar surface area (TPSA) is 65.4 Å². The molecule has 3 rings (SSSR count). The highest BCUT2D eigenvalue weighted by Crippen LogP contribution is 2.26. The first-order valence-corrected chi connectivity index (χ1v) is 8.94.